The fraction of sp³-hybridized carbons (Fsp3) is 0.250. The molecule has 0 aliphatic carbocycles. The number of benzene rings is 1. The second-order valence-corrected chi connectivity index (χ2v) is 9.31. The highest BCUT2D eigenvalue weighted by molar-refractivity contribution is 7.93. The molecule has 0 spiro atoms. The summed E-state index contributed by atoms with van der Waals surface area (Å²) in [5.74, 6) is -1.09. The van der Waals surface area contributed by atoms with Gasteiger partial charge in [-0.25, -0.2) is 12.8 Å². The van der Waals surface area contributed by atoms with E-state index < -0.39 is 21.1 Å². The zero-order valence-corrected chi connectivity index (χ0v) is 18.5. The molecule has 164 valence electrons. The maximum Gasteiger partial charge on any atom is 0.324 e. The quantitative estimate of drug-likeness (QED) is 0.565. The van der Waals surface area contributed by atoms with Gasteiger partial charge in [0.1, 0.15) is 5.82 Å². The molecule has 0 bridgehead atoms. The number of ether oxygens (including phenoxy) is 1. The third-order valence-corrected chi connectivity index (χ3v) is 6.74. The second kappa shape index (κ2) is 9.03. The van der Waals surface area contributed by atoms with E-state index in [1.165, 1.54) is 41.1 Å². The van der Waals surface area contributed by atoms with Gasteiger partial charge in [0.15, 0.2) is 11.6 Å². The van der Waals surface area contributed by atoms with Gasteiger partial charge in [-0.05, 0) is 31.5 Å². The van der Waals surface area contributed by atoms with Crippen LogP contribution in [0.3, 0.4) is 0 Å². The lowest BCUT2D eigenvalue weighted by molar-refractivity contribution is 0.412. The lowest BCUT2D eigenvalue weighted by atomic mass is 10.2. The summed E-state index contributed by atoms with van der Waals surface area (Å²) in [5, 5.41) is -0.674. The van der Waals surface area contributed by atoms with Gasteiger partial charge in [0, 0.05) is 30.9 Å². The SMILES string of the molecule is CC[C@@H](C)S(=O)(=O)Nc1cc(-c2ccc(=O)n(C)c2)nc(Oc2c(F)cccc2Cl)n1. The van der Waals surface area contributed by atoms with Crippen LogP contribution in [0.25, 0.3) is 11.3 Å². The predicted octanol–water partition coefficient (Wildman–Crippen LogP) is 3.97. The van der Waals surface area contributed by atoms with Gasteiger partial charge < -0.3 is 9.30 Å². The molecule has 2 aromatic heterocycles. The van der Waals surface area contributed by atoms with Crippen molar-refractivity contribution in [3.63, 3.8) is 0 Å². The molecule has 1 N–H and O–H groups in total. The van der Waals surface area contributed by atoms with Crippen molar-refractivity contribution in [1.82, 2.24) is 14.5 Å². The summed E-state index contributed by atoms with van der Waals surface area (Å²) in [7, 11) is -2.17. The van der Waals surface area contributed by atoms with E-state index in [1.807, 2.05) is 0 Å². The van der Waals surface area contributed by atoms with Gasteiger partial charge in [-0.2, -0.15) is 9.97 Å². The van der Waals surface area contributed by atoms with Gasteiger partial charge in [-0.3, -0.25) is 9.52 Å². The summed E-state index contributed by atoms with van der Waals surface area (Å²) in [5.41, 5.74) is 0.526. The first-order chi connectivity index (χ1) is 14.6. The summed E-state index contributed by atoms with van der Waals surface area (Å²) in [6, 6.07) is 7.95. The number of aryl methyl sites for hydroxylation is 1. The molecule has 0 amide bonds. The number of para-hydroxylation sites is 1. The number of rotatable bonds is 7. The molecular weight excluding hydrogens is 447 g/mol. The second-order valence-electron chi connectivity index (χ2n) is 6.81. The molecule has 0 saturated carbocycles. The van der Waals surface area contributed by atoms with E-state index in [9.17, 15) is 17.6 Å². The molecule has 1 aromatic carbocycles. The Kier molecular flexibility index (Phi) is 6.61. The van der Waals surface area contributed by atoms with Crippen LogP contribution in [0, 0.1) is 5.82 Å². The highest BCUT2D eigenvalue weighted by Crippen LogP contribution is 2.32. The van der Waals surface area contributed by atoms with E-state index in [2.05, 4.69) is 14.7 Å². The molecule has 2 heterocycles. The van der Waals surface area contributed by atoms with Crippen LogP contribution in [0.1, 0.15) is 20.3 Å². The summed E-state index contributed by atoms with van der Waals surface area (Å²) in [6.45, 7) is 3.31. The number of anilines is 1. The van der Waals surface area contributed by atoms with Gasteiger partial charge in [0.2, 0.25) is 15.6 Å². The van der Waals surface area contributed by atoms with E-state index in [-0.39, 0.29) is 33.9 Å². The Bertz CT molecular complexity index is 1260. The molecule has 0 aliphatic rings. The van der Waals surface area contributed by atoms with Crippen LogP contribution in [0.2, 0.25) is 5.02 Å². The number of hydrogen-bond donors (Lipinski definition) is 1. The van der Waals surface area contributed by atoms with Crippen LogP contribution in [0.4, 0.5) is 10.2 Å². The predicted molar refractivity (Wildman–Crippen MR) is 116 cm³/mol. The maximum absolute atomic E-state index is 14.2. The van der Waals surface area contributed by atoms with Crippen molar-refractivity contribution in [3.8, 4) is 23.0 Å². The molecule has 1 atom stereocenters. The van der Waals surface area contributed by atoms with Crippen LogP contribution < -0.4 is 15.0 Å². The van der Waals surface area contributed by atoms with Crippen molar-refractivity contribution >= 4 is 27.4 Å². The molecule has 3 rings (SSSR count). The molecule has 0 aliphatic heterocycles. The van der Waals surface area contributed by atoms with Crippen LogP contribution >= 0.6 is 11.6 Å². The minimum atomic E-state index is -3.73. The molecule has 11 heteroatoms. The monoisotopic (exact) mass is 466 g/mol. The first-order valence-corrected chi connectivity index (χ1v) is 11.2. The fourth-order valence-electron chi connectivity index (χ4n) is 2.55. The summed E-state index contributed by atoms with van der Waals surface area (Å²) < 4.78 is 48.4. The van der Waals surface area contributed by atoms with Crippen molar-refractivity contribution in [3.05, 3.63) is 63.8 Å². The topological polar surface area (TPSA) is 103 Å². The van der Waals surface area contributed by atoms with Crippen molar-refractivity contribution in [2.24, 2.45) is 7.05 Å². The first-order valence-electron chi connectivity index (χ1n) is 9.30. The minimum absolute atomic E-state index is 0.00199. The Hall–Kier alpha value is -2.98. The maximum atomic E-state index is 14.2. The third-order valence-electron chi connectivity index (χ3n) is 4.55. The summed E-state index contributed by atoms with van der Waals surface area (Å²) in [6.07, 6.45) is 1.92. The van der Waals surface area contributed by atoms with Crippen LogP contribution in [0.5, 0.6) is 11.8 Å². The molecule has 31 heavy (non-hydrogen) atoms. The average Bonchev–Trinajstić information content (AvgIpc) is 2.71. The minimum Gasteiger partial charge on any atom is -0.419 e. The van der Waals surface area contributed by atoms with Gasteiger partial charge in [0.05, 0.1) is 16.0 Å². The van der Waals surface area contributed by atoms with Crippen molar-refractivity contribution < 1.29 is 17.5 Å². The number of nitrogens with zero attached hydrogens (tertiary/aromatic N) is 3. The van der Waals surface area contributed by atoms with E-state index in [4.69, 9.17) is 16.3 Å². The number of hydrogen-bond acceptors (Lipinski definition) is 6. The Labute approximate surface area is 183 Å². The van der Waals surface area contributed by atoms with Crippen LogP contribution in [-0.2, 0) is 17.1 Å². The molecule has 0 radical (unpaired) electrons. The molecule has 0 saturated heterocycles. The molecule has 0 unspecified atom stereocenters. The Balaban J connectivity index is 2.11. The van der Waals surface area contributed by atoms with E-state index in [0.717, 1.165) is 6.07 Å². The van der Waals surface area contributed by atoms with Crippen molar-refractivity contribution in [2.75, 3.05) is 4.72 Å². The number of nitrogens with one attached hydrogen (secondary N) is 1. The Morgan fingerprint density at radius 3 is 2.65 bits per heavy atom. The Morgan fingerprint density at radius 1 is 1.26 bits per heavy atom. The average molecular weight is 467 g/mol. The van der Waals surface area contributed by atoms with Crippen molar-refractivity contribution in [2.45, 2.75) is 25.5 Å². The number of aromatic nitrogens is 3. The first kappa shape index (κ1) is 22.7. The fourth-order valence-corrected chi connectivity index (χ4v) is 3.79. The third kappa shape index (κ3) is 5.20. The van der Waals surface area contributed by atoms with Gasteiger partial charge in [-0.1, -0.05) is 24.6 Å². The van der Waals surface area contributed by atoms with Crippen molar-refractivity contribution in [1.29, 1.82) is 0 Å². The van der Waals surface area contributed by atoms with Gasteiger partial charge >= 0.3 is 6.01 Å². The zero-order valence-electron chi connectivity index (χ0n) is 17.0. The standard InChI is InChI=1S/C20H20ClFN4O4S/c1-4-12(2)31(28,29)25-17-10-16(13-8-9-18(27)26(3)11-13)23-20(24-17)30-19-14(21)6-5-7-15(19)22/h5-12H,4H2,1-3H3,(H,23,24,25)/t12-/m1/s1. The number of sulfonamides is 1. The molecule has 0 fully saturated rings. The highest BCUT2D eigenvalue weighted by atomic mass is 35.5. The van der Waals surface area contributed by atoms with E-state index >= 15 is 0 Å². The Morgan fingerprint density at radius 2 is 2.00 bits per heavy atom. The lowest BCUT2D eigenvalue weighted by Gasteiger charge is -2.14. The molecular formula is C20H20ClFN4O4S. The van der Waals surface area contributed by atoms with E-state index in [0.29, 0.717) is 12.0 Å². The smallest absolute Gasteiger partial charge is 0.324 e. The highest BCUT2D eigenvalue weighted by Gasteiger charge is 2.21. The number of pyridine rings is 1. The zero-order chi connectivity index (χ0) is 22.8. The molecule has 3 aromatic rings. The summed E-state index contributed by atoms with van der Waals surface area (Å²) in [4.78, 5) is 20.0. The van der Waals surface area contributed by atoms with Crippen LogP contribution in [0.15, 0.2) is 47.4 Å². The van der Waals surface area contributed by atoms with Gasteiger partial charge in [-0.15, -0.1) is 0 Å². The van der Waals surface area contributed by atoms with Crippen LogP contribution in [-0.4, -0.2) is 28.2 Å². The van der Waals surface area contributed by atoms with E-state index in [1.54, 1.807) is 20.9 Å². The molecule has 8 nitrogen and oxygen atoms in total. The normalized spacial score (nSPS) is 12.4. The summed E-state index contributed by atoms with van der Waals surface area (Å²) >= 11 is 6.01. The van der Waals surface area contributed by atoms with Gasteiger partial charge in [0.25, 0.3) is 0 Å². The lowest BCUT2D eigenvalue weighted by Crippen LogP contribution is -2.25. The largest absolute Gasteiger partial charge is 0.419 e. The number of halogens is 2.